The van der Waals surface area contributed by atoms with E-state index in [0.717, 1.165) is 21.6 Å². The highest BCUT2D eigenvalue weighted by molar-refractivity contribution is 7.98. The minimum absolute atomic E-state index is 0.216. The molecule has 1 aliphatic heterocycles. The van der Waals surface area contributed by atoms with Gasteiger partial charge in [0.2, 0.25) is 0 Å². The molecule has 1 saturated heterocycles. The van der Waals surface area contributed by atoms with Crippen LogP contribution in [0.1, 0.15) is 17.5 Å². The van der Waals surface area contributed by atoms with E-state index in [9.17, 15) is 9.59 Å². The first-order chi connectivity index (χ1) is 12.5. The Kier molecular flexibility index (Phi) is 5.69. The summed E-state index contributed by atoms with van der Waals surface area (Å²) in [4.78, 5) is 26.3. The molecule has 6 heteroatoms. The van der Waals surface area contributed by atoms with Crippen LogP contribution in [0.2, 0.25) is 5.02 Å². The maximum absolute atomic E-state index is 12.8. The number of amides is 1. The van der Waals surface area contributed by atoms with Gasteiger partial charge in [0.15, 0.2) is 0 Å². The Bertz CT molecular complexity index is 860. The van der Waals surface area contributed by atoms with Gasteiger partial charge in [-0.05, 0) is 53.6 Å². The number of thioether (sulfide) groups is 1. The van der Waals surface area contributed by atoms with Crippen molar-refractivity contribution in [3.63, 3.8) is 0 Å². The van der Waals surface area contributed by atoms with Crippen molar-refractivity contribution in [3.05, 3.63) is 70.3 Å². The monoisotopic (exact) mass is 387 g/mol. The lowest BCUT2D eigenvalue weighted by Crippen LogP contribution is -2.31. The molecule has 1 fully saturated rings. The molecule has 0 bridgehead atoms. The Hall–Kier alpha value is -2.24. The number of nitrogens with zero attached hydrogens (tertiary/aromatic N) is 1. The summed E-state index contributed by atoms with van der Waals surface area (Å²) in [5.74, 6) is -1.22. The van der Waals surface area contributed by atoms with Gasteiger partial charge >= 0.3 is 5.97 Å². The Labute approximate surface area is 161 Å². The average molecular weight is 388 g/mol. The Morgan fingerprint density at radius 1 is 1.12 bits per heavy atom. The zero-order chi connectivity index (χ0) is 18.7. The summed E-state index contributed by atoms with van der Waals surface area (Å²) in [6.45, 7) is 0.141. The van der Waals surface area contributed by atoms with Gasteiger partial charge in [-0.2, -0.15) is 0 Å². The Morgan fingerprint density at radius 3 is 2.23 bits per heavy atom. The van der Waals surface area contributed by atoms with Crippen LogP contribution in [0, 0.1) is 0 Å². The quantitative estimate of drug-likeness (QED) is 0.617. The van der Waals surface area contributed by atoms with E-state index in [2.05, 4.69) is 0 Å². The second kappa shape index (κ2) is 7.98. The van der Waals surface area contributed by atoms with Crippen LogP contribution < -0.4 is 0 Å². The van der Waals surface area contributed by atoms with Crippen LogP contribution in [0.15, 0.2) is 59.0 Å². The predicted molar refractivity (Wildman–Crippen MR) is 105 cm³/mol. The Balaban J connectivity index is 2.09. The zero-order valence-corrected chi connectivity index (χ0v) is 15.8. The summed E-state index contributed by atoms with van der Waals surface area (Å²) >= 11 is 7.66. The van der Waals surface area contributed by atoms with Crippen LogP contribution in [-0.4, -0.2) is 41.2 Å². The molecular formula is C20H18ClNO3S. The molecule has 0 saturated carbocycles. The molecule has 0 atom stereocenters. The van der Waals surface area contributed by atoms with Crippen molar-refractivity contribution in [2.75, 3.05) is 19.3 Å². The van der Waals surface area contributed by atoms with Gasteiger partial charge in [0.1, 0.15) is 6.54 Å². The molecule has 1 N–H and O–H groups in total. The second-order valence-electron chi connectivity index (χ2n) is 5.96. The number of benzene rings is 2. The SMILES string of the molecule is CSc1ccc(/C(=C2/CCN(CC(=O)O)C2=O)c2ccc(Cl)cc2)cc1. The smallest absolute Gasteiger partial charge is 0.323 e. The van der Waals surface area contributed by atoms with Gasteiger partial charge in [0.25, 0.3) is 5.91 Å². The van der Waals surface area contributed by atoms with Crippen molar-refractivity contribution >= 4 is 40.8 Å². The van der Waals surface area contributed by atoms with Gasteiger partial charge in [-0.3, -0.25) is 9.59 Å². The largest absolute Gasteiger partial charge is 0.480 e. The fraction of sp³-hybridized carbons (Fsp3) is 0.200. The van der Waals surface area contributed by atoms with Crippen LogP contribution in [0.4, 0.5) is 0 Å². The van der Waals surface area contributed by atoms with Crippen molar-refractivity contribution < 1.29 is 14.7 Å². The number of likely N-dealkylation sites (tertiary alicyclic amines) is 1. The molecule has 4 nitrogen and oxygen atoms in total. The number of hydrogen-bond acceptors (Lipinski definition) is 3. The molecule has 1 aliphatic rings. The minimum Gasteiger partial charge on any atom is -0.480 e. The lowest BCUT2D eigenvalue weighted by atomic mass is 9.92. The number of hydrogen-bond donors (Lipinski definition) is 1. The van der Waals surface area contributed by atoms with Gasteiger partial charge in [0, 0.05) is 22.0 Å². The van der Waals surface area contributed by atoms with Crippen LogP contribution in [-0.2, 0) is 9.59 Å². The molecule has 1 heterocycles. The number of aliphatic carboxylic acids is 1. The highest BCUT2D eigenvalue weighted by atomic mass is 35.5. The molecule has 134 valence electrons. The summed E-state index contributed by atoms with van der Waals surface area (Å²) in [5, 5.41) is 9.64. The lowest BCUT2D eigenvalue weighted by Gasteiger charge is -2.15. The van der Waals surface area contributed by atoms with E-state index < -0.39 is 5.97 Å². The number of carboxylic acid groups (broad SMARTS) is 1. The summed E-state index contributed by atoms with van der Waals surface area (Å²) in [6.07, 6.45) is 2.53. The number of carbonyl (C=O) groups excluding carboxylic acids is 1. The first-order valence-corrected chi connectivity index (χ1v) is 9.74. The Morgan fingerprint density at radius 2 is 1.69 bits per heavy atom. The molecule has 26 heavy (non-hydrogen) atoms. The number of carbonyl (C=O) groups is 2. The van der Waals surface area contributed by atoms with Gasteiger partial charge in [-0.25, -0.2) is 0 Å². The molecule has 1 amide bonds. The van der Waals surface area contributed by atoms with E-state index in [1.807, 2.05) is 42.7 Å². The highest BCUT2D eigenvalue weighted by Gasteiger charge is 2.30. The summed E-state index contributed by atoms with van der Waals surface area (Å²) < 4.78 is 0. The van der Waals surface area contributed by atoms with Gasteiger partial charge in [-0.15, -0.1) is 11.8 Å². The minimum atomic E-state index is -1.00. The maximum atomic E-state index is 12.8. The number of rotatable bonds is 5. The molecule has 0 spiro atoms. The van der Waals surface area contributed by atoms with E-state index in [1.54, 1.807) is 23.9 Å². The molecule has 2 aromatic carbocycles. The first kappa shape index (κ1) is 18.5. The fourth-order valence-corrected chi connectivity index (χ4v) is 3.62. The third-order valence-electron chi connectivity index (χ3n) is 4.32. The molecule has 0 radical (unpaired) electrons. The second-order valence-corrected chi connectivity index (χ2v) is 7.28. The first-order valence-electron chi connectivity index (χ1n) is 8.14. The van der Waals surface area contributed by atoms with Crippen molar-refractivity contribution in [2.45, 2.75) is 11.3 Å². The highest BCUT2D eigenvalue weighted by Crippen LogP contribution is 2.34. The summed E-state index contributed by atoms with van der Waals surface area (Å²) in [6, 6.07) is 15.4. The average Bonchev–Trinajstić information content (AvgIpc) is 2.97. The lowest BCUT2D eigenvalue weighted by molar-refractivity contribution is -0.141. The fourth-order valence-electron chi connectivity index (χ4n) is 3.08. The molecule has 0 aliphatic carbocycles. The van der Waals surface area contributed by atoms with E-state index in [0.29, 0.717) is 23.6 Å². The van der Waals surface area contributed by atoms with Gasteiger partial charge in [0.05, 0.1) is 0 Å². The summed E-state index contributed by atoms with van der Waals surface area (Å²) in [7, 11) is 0. The molecule has 0 aromatic heterocycles. The zero-order valence-electron chi connectivity index (χ0n) is 14.2. The standard InChI is InChI=1S/C20H18ClNO3S/c1-26-16-8-4-14(5-9-16)19(13-2-6-15(21)7-3-13)17-10-11-22(20(17)25)12-18(23)24/h2-9H,10-12H2,1H3,(H,23,24)/b19-17-. The molecule has 0 unspecified atom stereocenters. The number of halogens is 1. The van der Waals surface area contributed by atoms with Crippen LogP contribution >= 0.6 is 23.4 Å². The maximum Gasteiger partial charge on any atom is 0.323 e. The number of carboxylic acids is 1. The van der Waals surface area contributed by atoms with Crippen molar-refractivity contribution in [1.29, 1.82) is 0 Å². The molecular weight excluding hydrogens is 370 g/mol. The normalized spacial score (nSPS) is 16.1. The van der Waals surface area contributed by atoms with Gasteiger partial charge in [-0.1, -0.05) is 35.9 Å². The van der Waals surface area contributed by atoms with Crippen molar-refractivity contribution in [1.82, 2.24) is 4.90 Å². The van der Waals surface area contributed by atoms with E-state index in [1.165, 1.54) is 4.90 Å². The third kappa shape index (κ3) is 3.94. The summed E-state index contributed by atoms with van der Waals surface area (Å²) in [5.41, 5.74) is 3.31. The van der Waals surface area contributed by atoms with Gasteiger partial charge < -0.3 is 10.0 Å². The molecule has 3 rings (SSSR count). The van der Waals surface area contributed by atoms with Crippen molar-refractivity contribution in [2.24, 2.45) is 0 Å². The van der Waals surface area contributed by atoms with Crippen LogP contribution in [0.5, 0.6) is 0 Å². The van der Waals surface area contributed by atoms with Crippen LogP contribution in [0.3, 0.4) is 0 Å². The third-order valence-corrected chi connectivity index (χ3v) is 5.31. The molecule has 2 aromatic rings. The van der Waals surface area contributed by atoms with E-state index in [-0.39, 0.29) is 12.5 Å². The van der Waals surface area contributed by atoms with E-state index >= 15 is 0 Å². The predicted octanol–water partition coefficient (Wildman–Crippen LogP) is 4.18. The van der Waals surface area contributed by atoms with Crippen LogP contribution in [0.25, 0.3) is 5.57 Å². The van der Waals surface area contributed by atoms with Crippen molar-refractivity contribution in [3.8, 4) is 0 Å². The van der Waals surface area contributed by atoms with E-state index in [4.69, 9.17) is 16.7 Å². The topological polar surface area (TPSA) is 57.6 Å².